The average molecular weight is 453 g/mol. The van der Waals surface area contributed by atoms with Gasteiger partial charge in [-0.05, 0) is 60.9 Å². The lowest BCUT2D eigenvalue weighted by molar-refractivity contribution is -0.128. The van der Waals surface area contributed by atoms with Crippen LogP contribution < -0.4 is 14.2 Å². The summed E-state index contributed by atoms with van der Waals surface area (Å²) in [4.78, 5) is 12.1. The van der Waals surface area contributed by atoms with E-state index in [-0.39, 0.29) is 0 Å². The Balaban J connectivity index is 1.67. The second-order valence-corrected chi connectivity index (χ2v) is 8.32. The van der Waals surface area contributed by atoms with Crippen molar-refractivity contribution in [2.75, 3.05) is 13.2 Å². The molecule has 0 radical (unpaired) electrons. The zero-order valence-corrected chi connectivity index (χ0v) is 20.4. The van der Waals surface area contributed by atoms with E-state index in [1.807, 2.05) is 36.4 Å². The van der Waals surface area contributed by atoms with Gasteiger partial charge < -0.3 is 14.2 Å². The molecule has 0 N–H and O–H groups in total. The Morgan fingerprint density at radius 3 is 1.67 bits per heavy atom. The monoisotopic (exact) mass is 452 g/mol. The van der Waals surface area contributed by atoms with Crippen LogP contribution in [0, 0.1) is 0 Å². The normalized spacial score (nSPS) is 11.0. The highest BCUT2D eigenvalue weighted by Crippen LogP contribution is 2.19. The molecule has 180 valence electrons. The SMILES string of the molecule is CCCCCCCCOc1ccc(C=CC(=O)Oc2ccc(OCCCCCC)cc2)cc1. The van der Waals surface area contributed by atoms with Gasteiger partial charge in [0.05, 0.1) is 13.2 Å². The van der Waals surface area contributed by atoms with Crippen LogP contribution in [0.1, 0.15) is 83.6 Å². The summed E-state index contributed by atoms with van der Waals surface area (Å²) in [5.41, 5.74) is 0.922. The molecule has 0 atom stereocenters. The summed E-state index contributed by atoms with van der Waals surface area (Å²) in [5.74, 6) is 1.74. The quantitative estimate of drug-likeness (QED) is 0.106. The number of carbonyl (C=O) groups is 1. The fourth-order valence-electron chi connectivity index (χ4n) is 3.38. The largest absolute Gasteiger partial charge is 0.494 e. The van der Waals surface area contributed by atoms with Crippen LogP contribution in [0.4, 0.5) is 0 Å². The van der Waals surface area contributed by atoms with Crippen LogP contribution in [0.15, 0.2) is 54.6 Å². The molecule has 0 heterocycles. The van der Waals surface area contributed by atoms with E-state index in [0.717, 1.165) is 36.5 Å². The summed E-state index contributed by atoms with van der Waals surface area (Å²) in [6, 6.07) is 14.9. The molecule has 0 unspecified atom stereocenters. The number of rotatable bonds is 17. The Morgan fingerprint density at radius 2 is 1.09 bits per heavy atom. The Morgan fingerprint density at radius 1 is 0.636 bits per heavy atom. The molecule has 2 aromatic rings. The summed E-state index contributed by atoms with van der Waals surface area (Å²) in [6.07, 6.45) is 15.4. The lowest BCUT2D eigenvalue weighted by Crippen LogP contribution is -2.03. The molecule has 4 nitrogen and oxygen atoms in total. The highest BCUT2D eigenvalue weighted by Gasteiger charge is 2.02. The Hall–Kier alpha value is -2.75. The predicted octanol–water partition coefficient (Wildman–Crippen LogP) is 8.00. The van der Waals surface area contributed by atoms with Crippen LogP contribution in [-0.2, 0) is 4.79 Å². The first kappa shape index (κ1) is 26.5. The van der Waals surface area contributed by atoms with E-state index in [2.05, 4.69) is 13.8 Å². The maximum Gasteiger partial charge on any atom is 0.336 e. The minimum absolute atomic E-state index is 0.411. The van der Waals surface area contributed by atoms with Gasteiger partial charge >= 0.3 is 5.97 Å². The molecule has 0 aliphatic heterocycles. The van der Waals surface area contributed by atoms with Gasteiger partial charge in [0.2, 0.25) is 0 Å². The average Bonchev–Trinajstić information content (AvgIpc) is 2.84. The smallest absolute Gasteiger partial charge is 0.336 e. The van der Waals surface area contributed by atoms with Crippen LogP contribution >= 0.6 is 0 Å². The third-order valence-corrected chi connectivity index (χ3v) is 5.37. The zero-order valence-electron chi connectivity index (χ0n) is 20.4. The molecular weight excluding hydrogens is 412 g/mol. The second kappa shape index (κ2) is 16.8. The van der Waals surface area contributed by atoms with Crippen molar-refractivity contribution in [2.24, 2.45) is 0 Å². The van der Waals surface area contributed by atoms with Crippen molar-refractivity contribution in [1.29, 1.82) is 0 Å². The van der Waals surface area contributed by atoms with Crippen molar-refractivity contribution in [2.45, 2.75) is 78.1 Å². The molecule has 0 amide bonds. The van der Waals surface area contributed by atoms with Gasteiger partial charge in [0.25, 0.3) is 0 Å². The molecule has 0 bridgehead atoms. The van der Waals surface area contributed by atoms with Crippen molar-refractivity contribution >= 4 is 12.0 Å². The number of benzene rings is 2. The van der Waals surface area contributed by atoms with E-state index in [4.69, 9.17) is 14.2 Å². The lowest BCUT2D eigenvalue weighted by atomic mass is 10.1. The van der Waals surface area contributed by atoms with Gasteiger partial charge in [-0.25, -0.2) is 4.79 Å². The van der Waals surface area contributed by atoms with Gasteiger partial charge in [0.15, 0.2) is 0 Å². The number of esters is 1. The standard InChI is InChI=1S/C29H40O4/c1-3-5-7-9-10-12-24-31-26-16-13-25(14-17-26)15-22-29(30)33-28-20-18-27(19-21-28)32-23-11-8-6-4-2/h13-22H,3-12,23-24H2,1-2H3. The number of carbonyl (C=O) groups excluding carboxylic acids is 1. The molecule has 0 aromatic heterocycles. The van der Waals surface area contributed by atoms with Crippen LogP contribution in [0.5, 0.6) is 17.2 Å². The van der Waals surface area contributed by atoms with Gasteiger partial charge in [-0.3, -0.25) is 0 Å². The summed E-state index contributed by atoms with van der Waals surface area (Å²) in [7, 11) is 0. The van der Waals surface area contributed by atoms with Gasteiger partial charge in [0, 0.05) is 6.08 Å². The van der Waals surface area contributed by atoms with Crippen molar-refractivity contribution < 1.29 is 19.0 Å². The lowest BCUT2D eigenvalue weighted by Gasteiger charge is -2.07. The fourth-order valence-corrected chi connectivity index (χ4v) is 3.38. The number of hydrogen-bond donors (Lipinski definition) is 0. The van der Waals surface area contributed by atoms with Gasteiger partial charge in [-0.15, -0.1) is 0 Å². The molecule has 0 saturated carbocycles. The molecule has 33 heavy (non-hydrogen) atoms. The van der Waals surface area contributed by atoms with Gasteiger partial charge in [-0.1, -0.05) is 77.3 Å². The van der Waals surface area contributed by atoms with E-state index >= 15 is 0 Å². The highest BCUT2D eigenvalue weighted by molar-refractivity contribution is 5.88. The Labute approximate surface area is 200 Å². The molecule has 2 aromatic carbocycles. The topological polar surface area (TPSA) is 44.8 Å². The van der Waals surface area contributed by atoms with Gasteiger partial charge in [-0.2, -0.15) is 0 Å². The Kier molecular flexibility index (Phi) is 13.5. The molecule has 0 aliphatic rings. The van der Waals surface area contributed by atoms with Crippen molar-refractivity contribution in [1.82, 2.24) is 0 Å². The summed E-state index contributed by atoms with van der Waals surface area (Å²) >= 11 is 0. The molecule has 0 aliphatic carbocycles. The summed E-state index contributed by atoms with van der Waals surface area (Å²) in [6.45, 7) is 5.89. The van der Waals surface area contributed by atoms with Crippen LogP contribution in [0.2, 0.25) is 0 Å². The third kappa shape index (κ3) is 12.2. The molecular formula is C29H40O4. The first-order chi connectivity index (χ1) is 16.2. The number of hydrogen-bond acceptors (Lipinski definition) is 4. The van der Waals surface area contributed by atoms with Crippen molar-refractivity contribution in [3.63, 3.8) is 0 Å². The van der Waals surface area contributed by atoms with Crippen LogP contribution in [0.3, 0.4) is 0 Å². The van der Waals surface area contributed by atoms with Crippen molar-refractivity contribution in [3.05, 3.63) is 60.2 Å². The maximum atomic E-state index is 12.1. The first-order valence-electron chi connectivity index (χ1n) is 12.6. The molecule has 0 spiro atoms. The Bertz CT molecular complexity index is 793. The van der Waals surface area contributed by atoms with E-state index in [1.54, 1.807) is 18.2 Å². The van der Waals surface area contributed by atoms with E-state index in [0.29, 0.717) is 12.4 Å². The van der Waals surface area contributed by atoms with E-state index in [1.165, 1.54) is 57.4 Å². The predicted molar refractivity (Wildman–Crippen MR) is 136 cm³/mol. The summed E-state index contributed by atoms with van der Waals surface area (Å²) in [5, 5.41) is 0. The summed E-state index contributed by atoms with van der Waals surface area (Å²) < 4.78 is 16.9. The molecule has 0 fully saturated rings. The second-order valence-electron chi connectivity index (χ2n) is 8.32. The zero-order chi connectivity index (χ0) is 23.6. The maximum absolute atomic E-state index is 12.1. The van der Waals surface area contributed by atoms with Crippen molar-refractivity contribution in [3.8, 4) is 17.2 Å². The highest BCUT2D eigenvalue weighted by atomic mass is 16.5. The van der Waals surface area contributed by atoms with Crippen LogP contribution in [-0.4, -0.2) is 19.2 Å². The van der Waals surface area contributed by atoms with Crippen LogP contribution in [0.25, 0.3) is 6.08 Å². The first-order valence-corrected chi connectivity index (χ1v) is 12.6. The minimum atomic E-state index is -0.411. The number of ether oxygens (including phenoxy) is 3. The minimum Gasteiger partial charge on any atom is -0.494 e. The molecule has 4 heteroatoms. The van der Waals surface area contributed by atoms with E-state index in [9.17, 15) is 4.79 Å². The molecule has 2 rings (SSSR count). The van der Waals surface area contributed by atoms with Gasteiger partial charge in [0.1, 0.15) is 17.2 Å². The number of unbranched alkanes of at least 4 members (excludes halogenated alkanes) is 8. The third-order valence-electron chi connectivity index (χ3n) is 5.37. The molecule has 0 saturated heterocycles. The van der Waals surface area contributed by atoms with E-state index < -0.39 is 5.97 Å². The fraction of sp³-hybridized carbons (Fsp3) is 0.483.